The number of nitrogen functional groups attached to an aromatic ring is 1. The molecule has 1 aromatic carbocycles. The van der Waals surface area contributed by atoms with E-state index in [0.29, 0.717) is 12.0 Å². The minimum Gasteiger partial charge on any atom is -0.368 e. The van der Waals surface area contributed by atoms with Crippen molar-refractivity contribution in [2.24, 2.45) is 0 Å². The SMILES string of the molecule is Nc1nnc(SCc2ccccc2Cl)n1C1CC1. The van der Waals surface area contributed by atoms with Crippen molar-refractivity contribution in [2.75, 3.05) is 5.73 Å². The number of nitrogens with zero attached hydrogens (tertiary/aromatic N) is 3. The average Bonchev–Trinajstić information content (AvgIpc) is 3.13. The Kier molecular flexibility index (Phi) is 3.18. The van der Waals surface area contributed by atoms with Gasteiger partial charge in [-0.05, 0) is 24.5 Å². The second-order valence-electron chi connectivity index (χ2n) is 4.32. The number of hydrogen-bond donors (Lipinski definition) is 1. The fourth-order valence-corrected chi connectivity index (χ4v) is 3.12. The zero-order chi connectivity index (χ0) is 12.5. The monoisotopic (exact) mass is 280 g/mol. The summed E-state index contributed by atoms with van der Waals surface area (Å²) in [6, 6.07) is 8.34. The predicted molar refractivity (Wildman–Crippen MR) is 73.7 cm³/mol. The van der Waals surface area contributed by atoms with E-state index in [0.717, 1.165) is 21.5 Å². The molecule has 2 aromatic rings. The van der Waals surface area contributed by atoms with Gasteiger partial charge in [0.05, 0.1) is 0 Å². The van der Waals surface area contributed by atoms with Gasteiger partial charge in [0, 0.05) is 16.8 Å². The number of nitrogens with two attached hydrogens (primary N) is 1. The molecule has 0 aliphatic heterocycles. The molecule has 1 aliphatic carbocycles. The molecule has 0 bridgehead atoms. The molecule has 0 unspecified atom stereocenters. The van der Waals surface area contributed by atoms with Crippen LogP contribution in [0, 0.1) is 0 Å². The van der Waals surface area contributed by atoms with Gasteiger partial charge in [-0.25, -0.2) is 0 Å². The van der Waals surface area contributed by atoms with Crippen molar-refractivity contribution in [3.05, 3.63) is 34.9 Å². The van der Waals surface area contributed by atoms with Gasteiger partial charge in [0.2, 0.25) is 5.95 Å². The second kappa shape index (κ2) is 4.82. The lowest BCUT2D eigenvalue weighted by molar-refractivity contribution is 0.671. The molecule has 1 heterocycles. The molecule has 0 amide bonds. The Hall–Kier alpha value is -1.20. The van der Waals surface area contributed by atoms with Gasteiger partial charge in [-0.1, -0.05) is 41.6 Å². The molecule has 1 aliphatic rings. The van der Waals surface area contributed by atoms with Crippen LogP contribution in [-0.2, 0) is 5.75 Å². The Bertz CT molecular complexity index is 565. The van der Waals surface area contributed by atoms with E-state index in [-0.39, 0.29) is 0 Å². The lowest BCUT2D eigenvalue weighted by Gasteiger charge is -2.06. The second-order valence-corrected chi connectivity index (χ2v) is 5.67. The Morgan fingerprint density at radius 2 is 2.11 bits per heavy atom. The number of halogens is 1. The van der Waals surface area contributed by atoms with E-state index in [2.05, 4.69) is 10.2 Å². The first-order chi connectivity index (χ1) is 8.75. The number of thioether (sulfide) groups is 1. The van der Waals surface area contributed by atoms with Crippen LogP contribution in [0.15, 0.2) is 29.4 Å². The fourth-order valence-electron chi connectivity index (χ4n) is 1.82. The van der Waals surface area contributed by atoms with Crippen molar-refractivity contribution in [3.8, 4) is 0 Å². The molecular formula is C12H13ClN4S. The van der Waals surface area contributed by atoms with Gasteiger partial charge < -0.3 is 5.73 Å². The molecule has 18 heavy (non-hydrogen) atoms. The summed E-state index contributed by atoms with van der Waals surface area (Å²) >= 11 is 7.76. The molecule has 0 radical (unpaired) electrons. The molecule has 1 fully saturated rings. The summed E-state index contributed by atoms with van der Waals surface area (Å²) in [7, 11) is 0. The van der Waals surface area contributed by atoms with Gasteiger partial charge in [0.25, 0.3) is 0 Å². The molecule has 3 rings (SSSR count). The van der Waals surface area contributed by atoms with Gasteiger partial charge >= 0.3 is 0 Å². The minimum absolute atomic E-state index is 0.494. The molecule has 0 spiro atoms. The highest BCUT2D eigenvalue weighted by Crippen LogP contribution is 2.40. The first kappa shape index (κ1) is 11.9. The minimum atomic E-state index is 0.494. The quantitative estimate of drug-likeness (QED) is 0.874. The van der Waals surface area contributed by atoms with Gasteiger partial charge in [0.1, 0.15) is 0 Å². The average molecular weight is 281 g/mol. The number of rotatable bonds is 4. The molecule has 94 valence electrons. The van der Waals surface area contributed by atoms with Crippen LogP contribution in [0.2, 0.25) is 5.02 Å². The van der Waals surface area contributed by atoms with Crippen LogP contribution < -0.4 is 5.73 Å². The first-order valence-corrected chi connectivity index (χ1v) is 7.18. The molecule has 6 heteroatoms. The summed E-state index contributed by atoms with van der Waals surface area (Å²) in [6.07, 6.45) is 2.34. The Balaban J connectivity index is 1.76. The summed E-state index contributed by atoms with van der Waals surface area (Å²) in [5, 5.41) is 9.75. The fraction of sp³-hybridized carbons (Fsp3) is 0.333. The maximum absolute atomic E-state index is 6.13. The maximum atomic E-state index is 6.13. The zero-order valence-corrected chi connectivity index (χ0v) is 11.3. The van der Waals surface area contributed by atoms with Gasteiger partial charge in [-0.3, -0.25) is 4.57 Å². The molecule has 0 atom stereocenters. The van der Waals surface area contributed by atoms with Crippen molar-refractivity contribution >= 4 is 29.3 Å². The third-order valence-electron chi connectivity index (χ3n) is 2.92. The standard InChI is InChI=1S/C12H13ClN4S/c13-10-4-2-1-3-8(10)7-18-12-16-15-11(14)17(12)9-5-6-9/h1-4,9H,5-7H2,(H2,14,15). The number of anilines is 1. The highest BCUT2D eigenvalue weighted by atomic mass is 35.5. The van der Waals surface area contributed by atoms with E-state index >= 15 is 0 Å². The van der Waals surface area contributed by atoms with Crippen LogP contribution in [-0.4, -0.2) is 14.8 Å². The first-order valence-electron chi connectivity index (χ1n) is 5.82. The lowest BCUT2D eigenvalue weighted by Crippen LogP contribution is -2.02. The van der Waals surface area contributed by atoms with Crippen LogP contribution in [0.3, 0.4) is 0 Å². The predicted octanol–water partition coefficient (Wildman–Crippen LogP) is 3.14. The van der Waals surface area contributed by atoms with Gasteiger partial charge in [-0.2, -0.15) is 0 Å². The number of hydrogen-bond acceptors (Lipinski definition) is 4. The maximum Gasteiger partial charge on any atom is 0.222 e. The summed E-state index contributed by atoms with van der Waals surface area (Å²) < 4.78 is 2.03. The van der Waals surface area contributed by atoms with E-state index in [1.807, 2.05) is 28.8 Å². The molecule has 4 nitrogen and oxygen atoms in total. The summed E-state index contributed by atoms with van der Waals surface area (Å²) in [5.74, 6) is 1.30. The van der Waals surface area contributed by atoms with Crippen molar-refractivity contribution in [1.82, 2.24) is 14.8 Å². The number of aromatic nitrogens is 3. The molecule has 1 aromatic heterocycles. The third-order valence-corrected chi connectivity index (χ3v) is 4.28. The largest absolute Gasteiger partial charge is 0.368 e. The molecule has 1 saturated carbocycles. The number of benzene rings is 1. The smallest absolute Gasteiger partial charge is 0.222 e. The van der Waals surface area contributed by atoms with Crippen molar-refractivity contribution < 1.29 is 0 Å². The van der Waals surface area contributed by atoms with Crippen molar-refractivity contribution in [1.29, 1.82) is 0 Å². The van der Waals surface area contributed by atoms with Crippen LogP contribution in [0.25, 0.3) is 0 Å². The van der Waals surface area contributed by atoms with Gasteiger partial charge in [-0.15, -0.1) is 10.2 Å². The van der Waals surface area contributed by atoms with E-state index in [1.165, 1.54) is 12.8 Å². The highest BCUT2D eigenvalue weighted by Gasteiger charge is 2.28. The highest BCUT2D eigenvalue weighted by molar-refractivity contribution is 7.98. The molecule has 0 saturated heterocycles. The zero-order valence-electron chi connectivity index (χ0n) is 9.71. The van der Waals surface area contributed by atoms with Crippen LogP contribution in [0.1, 0.15) is 24.4 Å². The summed E-state index contributed by atoms with van der Waals surface area (Å²) in [4.78, 5) is 0. The van der Waals surface area contributed by atoms with Crippen LogP contribution in [0.4, 0.5) is 5.95 Å². The topological polar surface area (TPSA) is 56.7 Å². The lowest BCUT2D eigenvalue weighted by atomic mass is 10.2. The van der Waals surface area contributed by atoms with E-state index in [4.69, 9.17) is 17.3 Å². The Morgan fingerprint density at radius 3 is 2.83 bits per heavy atom. The Labute approximate surface area is 115 Å². The Morgan fingerprint density at radius 1 is 1.33 bits per heavy atom. The van der Waals surface area contributed by atoms with Crippen molar-refractivity contribution in [2.45, 2.75) is 29.8 Å². The van der Waals surface area contributed by atoms with Crippen molar-refractivity contribution in [3.63, 3.8) is 0 Å². The summed E-state index contributed by atoms with van der Waals surface area (Å²) in [5.41, 5.74) is 6.94. The third kappa shape index (κ3) is 2.33. The van der Waals surface area contributed by atoms with Gasteiger partial charge in [0.15, 0.2) is 5.16 Å². The van der Waals surface area contributed by atoms with Crippen LogP contribution in [0.5, 0.6) is 0 Å². The van der Waals surface area contributed by atoms with E-state index in [1.54, 1.807) is 11.8 Å². The van der Waals surface area contributed by atoms with E-state index < -0.39 is 0 Å². The summed E-state index contributed by atoms with van der Waals surface area (Å²) in [6.45, 7) is 0. The molecule has 2 N–H and O–H groups in total. The normalized spacial score (nSPS) is 14.9. The van der Waals surface area contributed by atoms with Crippen LogP contribution >= 0.6 is 23.4 Å². The molecular weight excluding hydrogens is 268 g/mol. The van der Waals surface area contributed by atoms with E-state index in [9.17, 15) is 0 Å².